The minimum atomic E-state index is -0.0737. The van der Waals surface area contributed by atoms with Crippen LogP contribution >= 0.6 is 0 Å². The van der Waals surface area contributed by atoms with E-state index in [4.69, 9.17) is 0 Å². The van der Waals surface area contributed by atoms with E-state index in [-0.39, 0.29) is 11.8 Å². The van der Waals surface area contributed by atoms with Gasteiger partial charge in [0, 0.05) is 30.5 Å². The van der Waals surface area contributed by atoms with Crippen LogP contribution in [0.15, 0.2) is 42.7 Å². The maximum Gasteiger partial charge on any atom is 0.229 e. The largest absolute Gasteiger partial charge is 0.356 e. The minimum Gasteiger partial charge on any atom is -0.356 e. The zero-order chi connectivity index (χ0) is 20.4. The predicted octanol–water partition coefficient (Wildman–Crippen LogP) is 3.44. The van der Waals surface area contributed by atoms with E-state index in [1.165, 1.54) is 0 Å². The summed E-state index contributed by atoms with van der Waals surface area (Å²) in [5, 5.41) is 7.60. The highest BCUT2D eigenvalue weighted by molar-refractivity contribution is 5.93. The highest BCUT2D eigenvalue weighted by Crippen LogP contribution is 2.24. The van der Waals surface area contributed by atoms with Gasteiger partial charge in [0.05, 0.1) is 11.6 Å². The second-order valence-corrected chi connectivity index (χ2v) is 7.66. The predicted molar refractivity (Wildman–Crippen MR) is 113 cm³/mol. The van der Waals surface area contributed by atoms with E-state index in [1.807, 2.05) is 61.9 Å². The summed E-state index contributed by atoms with van der Waals surface area (Å²) in [5.41, 5.74) is 3.93. The molecule has 1 fully saturated rings. The molecule has 7 nitrogen and oxygen atoms in total. The van der Waals surface area contributed by atoms with Crippen LogP contribution in [0.3, 0.4) is 0 Å². The van der Waals surface area contributed by atoms with Crippen molar-refractivity contribution in [1.82, 2.24) is 19.7 Å². The van der Waals surface area contributed by atoms with E-state index < -0.39 is 0 Å². The summed E-state index contributed by atoms with van der Waals surface area (Å²) in [6, 6.07) is 11.8. The summed E-state index contributed by atoms with van der Waals surface area (Å²) in [6.07, 6.45) is 3.40. The lowest BCUT2D eigenvalue weighted by Crippen LogP contribution is -2.41. The first-order chi connectivity index (χ1) is 14.0. The minimum absolute atomic E-state index is 0.0665. The van der Waals surface area contributed by atoms with Crippen LogP contribution in [0.4, 0.5) is 11.5 Å². The zero-order valence-electron chi connectivity index (χ0n) is 17.1. The first kappa shape index (κ1) is 19.1. The lowest BCUT2D eigenvalue weighted by atomic mass is 9.97. The molecule has 4 rings (SSSR count). The van der Waals surface area contributed by atoms with E-state index >= 15 is 0 Å². The fraction of sp³-hybridized carbons (Fsp3) is 0.364. The molecule has 1 aromatic carbocycles. The molecule has 29 heavy (non-hydrogen) atoms. The highest BCUT2D eigenvalue weighted by atomic mass is 16.1. The first-order valence-electron chi connectivity index (χ1n) is 9.98. The monoisotopic (exact) mass is 390 g/mol. The number of nitrogens with zero attached hydrogens (tertiary/aromatic N) is 5. The Morgan fingerprint density at radius 3 is 2.66 bits per heavy atom. The molecule has 3 aromatic rings. The van der Waals surface area contributed by atoms with E-state index in [0.29, 0.717) is 6.54 Å². The van der Waals surface area contributed by atoms with Crippen LogP contribution < -0.4 is 10.2 Å². The Kier molecular flexibility index (Phi) is 5.29. The van der Waals surface area contributed by atoms with Gasteiger partial charge in [-0.05, 0) is 51.3 Å². The number of hydrogen-bond donors (Lipinski definition) is 1. The van der Waals surface area contributed by atoms with Gasteiger partial charge in [-0.15, -0.1) is 0 Å². The van der Waals surface area contributed by atoms with Crippen LogP contribution in [-0.2, 0) is 4.79 Å². The number of rotatable bonds is 4. The molecule has 2 aromatic heterocycles. The molecule has 1 amide bonds. The fourth-order valence-electron chi connectivity index (χ4n) is 3.83. The van der Waals surface area contributed by atoms with Crippen LogP contribution in [0.25, 0.3) is 5.82 Å². The summed E-state index contributed by atoms with van der Waals surface area (Å²) in [4.78, 5) is 23.9. The van der Waals surface area contributed by atoms with E-state index in [0.717, 1.165) is 53.7 Å². The molecule has 0 saturated carbocycles. The topological polar surface area (TPSA) is 75.9 Å². The van der Waals surface area contributed by atoms with Crippen molar-refractivity contribution in [3.63, 3.8) is 0 Å². The fourth-order valence-corrected chi connectivity index (χ4v) is 3.83. The van der Waals surface area contributed by atoms with Gasteiger partial charge < -0.3 is 10.2 Å². The number of para-hydroxylation sites is 1. The summed E-state index contributed by atoms with van der Waals surface area (Å²) < 4.78 is 1.83. The third-order valence-electron chi connectivity index (χ3n) is 5.38. The average Bonchev–Trinajstić information content (AvgIpc) is 3.08. The molecule has 1 saturated heterocycles. The van der Waals surface area contributed by atoms with Crippen molar-refractivity contribution in [3.05, 3.63) is 59.7 Å². The first-order valence-corrected chi connectivity index (χ1v) is 9.98. The van der Waals surface area contributed by atoms with Crippen molar-refractivity contribution < 1.29 is 4.79 Å². The number of aryl methyl sites for hydroxylation is 3. The van der Waals surface area contributed by atoms with Gasteiger partial charge in [-0.25, -0.2) is 14.6 Å². The van der Waals surface area contributed by atoms with Crippen LogP contribution in [0.1, 0.15) is 29.8 Å². The maximum atomic E-state index is 12.8. The molecule has 0 aliphatic carbocycles. The number of carbonyl (C=O) groups excluding carboxylic acids is 1. The van der Waals surface area contributed by atoms with Crippen LogP contribution in [0.5, 0.6) is 0 Å². The molecule has 1 atom stereocenters. The standard InChI is InChI=1S/C22H26N6O/c1-15-7-4-5-9-19(15)25-22(29)18-8-6-10-27(13-18)20-12-21(24-14-23-20)28-17(3)11-16(2)26-28/h4-5,7,9,11-12,14,18H,6,8,10,13H2,1-3H3,(H,25,29)/t18-/m0/s1. The van der Waals surface area contributed by atoms with Crippen molar-refractivity contribution in [2.24, 2.45) is 5.92 Å². The molecule has 3 heterocycles. The highest BCUT2D eigenvalue weighted by Gasteiger charge is 2.27. The Morgan fingerprint density at radius 1 is 1.10 bits per heavy atom. The number of benzene rings is 1. The second kappa shape index (κ2) is 8.03. The molecular formula is C22H26N6O. The molecular weight excluding hydrogens is 364 g/mol. The molecule has 0 unspecified atom stereocenters. The Hall–Kier alpha value is -3.22. The van der Waals surface area contributed by atoms with Crippen molar-refractivity contribution in [3.8, 4) is 5.82 Å². The molecule has 150 valence electrons. The van der Waals surface area contributed by atoms with Gasteiger partial charge in [0.25, 0.3) is 0 Å². The third-order valence-corrected chi connectivity index (χ3v) is 5.38. The zero-order valence-corrected chi connectivity index (χ0v) is 17.1. The van der Waals surface area contributed by atoms with Gasteiger partial charge in [0.1, 0.15) is 12.1 Å². The molecule has 1 N–H and O–H groups in total. The SMILES string of the molecule is Cc1cc(C)n(-c2cc(N3CCC[C@H](C(=O)Nc4ccccc4C)C3)ncn2)n1. The van der Waals surface area contributed by atoms with Crippen molar-refractivity contribution >= 4 is 17.4 Å². The quantitative estimate of drug-likeness (QED) is 0.738. The number of carbonyl (C=O) groups is 1. The normalized spacial score (nSPS) is 16.7. The maximum absolute atomic E-state index is 12.8. The summed E-state index contributed by atoms with van der Waals surface area (Å²) >= 11 is 0. The number of amides is 1. The van der Waals surface area contributed by atoms with Crippen LogP contribution in [0, 0.1) is 26.7 Å². The van der Waals surface area contributed by atoms with Crippen LogP contribution in [-0.4, -0.2) is 38.7 Å². The Labute approximate surface area is 170 Å². The van der Waals surface area contributed by atoms with Gasteiger partial charge in [-0.1, -0.05) is 18.2 Å². The second-order valence-electron chi connectivity index (χ2n) is 7.66. The number of nitrogens with one attached hydrogen (secondary N) is 1. The Morgan fingerprint density at radius 2 is 1.90 bits per heavy atom. The average molecular weight is 390 g/mol. The third kappa shape index (κ3) is 4.13. The molecule has 1 aliphatic rings. The van der Waals surface area contributed by atoms with Crippen molar-refractivity contribution in [2.75, 3.05) is 23.3 Å². The molecule has 0 radical (unpaired) electrons. The molecule has 0 bridgehead atoms. The summed E-state index contributed by atoms with van der Waals surface area (Å²) in [7, 11) is 0. The smallest absolute Gasteiger partial charge is 0.229 e. The number of aromatic nitrogens is 4. The molecule has 7 heteroatoms. The van der Waals surface area contributed by atoms with Gasteiger partial charge >= 0.3 is 0 Å². The number of hydrogen-bond acceptors (Lipinski definition) is 5. The van der Waals surface area contributed by atoms with Crippen LogP contribution in [0.2, 0.25) is 0 Å². The molecule has 0 spiro atoms. The van der Waals surface area contributed by atoms with E-state index in [9.17, 15) is 4.79 Å². The van der Waals surface area contributed by atoms with Crippen molar-refractivity contribution in [1.29, 1.82) is 0 Å². The van der Waals surface area contributed by atoms with E-state index in [1.54, 1.807) is 6.33 Å². The van der Waals surface area contributed by atoms with Crippen molar-refractivity contribution in [2.45, 2.75) is 33.6 Å². The van der Waals surface area contributed by atoms with Gasteiger partial charge in [-0.2, -0.15) is 5.10 Å². The van der Waals surface area contributed by atoms with Gasteiger partial charge in [0.2, 0.25) is 5.91 Å². The van der Waals surface area contributed by atoms with Gasteiger partial charge in [-0.3, -0.25) is 4.79 Å². The number of piperidine rings is 1. The van der Waals surface area contributed by atoms with E-state index in [2.05, 4.69) is 25.3 Å². The lowest BCUT2D eigenvalue weighted by molar-refractivity contribution is -0.120. The summed E-state index contributed by atoms with van der Waals surface area (Å²) in [6.45, 7) is 7.50. The molecule has 1 aliphatic heterocycles. The Bertz CT molecular complexity index is 1030. The van der Waals surface area contributed by atoms with Gasteiger partial charge in [0.15, 0.2) is 5.82 Å². The summed E-state index contributed by atoms with van der Waals surface area (Å²) in [5.74, 6) is 1.57. The Balaban J connectivity index is 1.50. The number of anilines is 2. The lowest BCUT2D eigenvalue weighted by Gasteiger charge is -2.33.